The van der Waals surface area contributed by atoms with E-state index in [2.05, 4.69) is 42.6 Å². The van der Waals surface area contributed by atoms with Crippen LogP contribution >= 0.6 is 0 Å². The summed E-state index contributed by atoms with van der Waals surface area (Å²) in [5.74, 6) is 1.22. The van der Waals surface area contributed by atoms with Crippen LogP contribution in [-0.4, -0.2) is 12.5 Å². The molecule has 0 radical (unpaired) electrons. The molecule has 0 aromatic heterocycles. The second-order valence-corrected chi connectivity index (χ2v) is 5.81. The molecule has 2 unspecified atom stereocenters. The first-order chi connectivity index (χ1) is 8.19. The van der Waals surface area contributed by atoms with Crippen molar-refractivity contribution in [2.75, 3.05) is 6.54 Å². The van der Waals surface area contributed by atoms with Crippen molar-refractivity contribution in [1.82, 2.24) is 5.32 Å². The minimum absolute atomic E-state index is 0.268. The lowest BCUT2D eigenvalue weighted by molar-refractivity contribution is -0.122. The van der Waals surface area contributed by atoms with E-state index in [9.17, 15) is 4.79 Å². The number of carbonyl (C=O) groups excluding carboxylic acids is 1. The van der Waals surface area contributed by atoms with Crippen LogP contribution in [0.2, 0.25) is 0 Å². The second kappa shape index (κ2) is 3.86. The van der Waals surface area contributed by atoms with Crippen molar-refractivity contribution in [3.05, 3.63) is 35.9 Å². The lowest BCUT2D eigenvalue weighted by Crippen LogP contribution is -2.30. The standard InChI is InChI=1S/C15H19NO/c1-15(10-16-14(17)12-7-8-12)9-13(15)11-5-3-2-4-6-11/h2-6,12-13H,7-10H2,1H3,(H,16,17). The Morgan fingerprint density at radius 1 is 1.35 bits per heavy atom. The van der Waals surface area contributed by atoms with Gasteiger partial charge in [0.25, 0.3) is 0 Å². The molecule has 2 fully saturated rings. The third-order valence-corrected chi connectivity index (χ3v) is 4.17. The minimum Gasteiger partial charge on any atom is -0.355 e. The fourth-order valence-corrected chi connectivity index (χ4v) is 2.59. The van der Waals surface area contributed by atoms with Crippen LogP contribution in [0.5, 0.6) is 0 Å². The summed E-state index contributed by atoms with van der Waals surface area (Å²) in [6.07, 6.45) is 3.37. The van der Waals surface area contributed by atoms with Gasteiger partial charge in [-0.25, -0.2) is 0 Å². The predicted octanol–water partition coefficient (Wildman–Crippen LogP) is 2.71. The molecule has 90 valence electrons. The van der Waals surface area contributed by atoms with Crippen molar-refractivity contribution in [3.8, 4) is 0 Å². The third-order valence-electron chi connectivity index (χ3n) is 4.17. The fraction of sp³-hybridized carbons (Fsp3) is 0.533. The molecule has 1 amide bonds. The first kappa shape index (κ1) is 10.8. The lowest BCUT2D eigenvalue weighted by Gasteiger charge is -2.12. The molecule has 1 aromatic rings. The van der Waals surface area contributed by atoms with Crippen LogP contribution in [0.4, 0.5) is 0 Å². The molecule has 0 saturated heterocycles. The van der Waals surface area contributed by atoms with E-state index in [1.54, 1.807) is 0 Å². The van der Waals surface area contributed by atoms with Gasteiger partial charge < -0.3 is 5.32 Å². The molecule has 3 rings (SSSR count). The highest BCUT2D eigenvalue weighted by Crippen LogP contribution is 2.58. The van der Waals surface area contributed by atoms with Crippen LogP contribution in [0.3, 0.4) is 0 Å². The van der Waals surface area contributed by atoms with Gasteiger partial charge in [0.2, 0.25) is 5.91 Å². The number of rotatable bonds is 4. The summed E-state index contributed by atoms with van der Waals surface area (Å²) in [6.45, 7) is 3.11. The average Bonchev–Trinajstić information content (AvgIpc) is 3.23. The van der Waals surface area contributed by atoms with E-state index in [0.717, 1.165) is 19.4 Å². The topological polar surface area (TPSA) is 29.1 Å². The predicted molar refractivity (Wildman–Crippen MR) is 67.6 cm³/mol. The number of benzene rings is 1. The van der Waals surface area contributed by atoms with Gasteiger partial charge in [-0.2, -0.15) is 0 Å². The summed E-state index contributed by atoms with van der Waals surface area (Å²) in [5.41, 5.74) is 1.70. The van der Waals surface area contributed by atoms with Crippen LogP contribution in [-0.2, 0) is 4.79 Å². The van der Waals surface area contributed by atoms with Gasteiger partial charge in [0, 0.05) is 12.5 Å². The zero-order chi connectivity index (χ0) is 11.9. The Morgan fingerprint density at radius 2 is 2.06 bits per heavy atom. The zero-order valence-corrected chi connectivity index (χ0v) is 10.3. The molecule has 1 N–H and O–H groups in total. The summed E-state index contributed by atoms with van der Waals surface area (Å²) in [6, 6.07) is 10.6. The van der Waals surface area contributed by atoms with Gasteiger partial charge in [-0.05, 0) is 36.2 Å². The van der Waals surface area contributed by atoms with Gasteiger partial charge in [-0.1, -0.05) is 37.3 Å². The van der Waals surface area contributed by atoms with Gasteiger partial charge in [0.05, 0.1) is 0 Å². The Balaban J connectivity index is 1.56. The highest BCUT2D eigenvalue weighted by Gasteiger charge is 2.50. The van der Waals surface area contributed by atoms with Gasteiger partial charge in [-0.15, -0.1) is 0 Å². The molecule has 17 heavy (non-hydrogen) atoms. The monoisotopic (exact) mass is 229 g/mol. The maximum Gasteiger partial charge on any atom is 0.223 e. The van der Waals surface area contributed by atoms with Gasteiger partial charge in [-0.3, -0.25) is 4.79 Å². The van der Waals surface area contributed by atoms with E-state index in [-0.39, 0.29) is 11.3 Å². The minimum atomic E-state index is 0.268. The molecule has 0 heterocycles. The molecule has 2 heteroatoms. The number of hydrogen-bond donors (Lipinski definition) is 1. The maximum absolute atomic E-state index is 11.6. The highest BCUT2D eigenvalue weighted by molar-refractivity contribution is 5.80. The van der Waals surface area contributed by atoms with Crippen molar-refractivity contribution >= 4 is 5.91 Å². The van der Waals surface area contributed by atoms with Gasteiger partial charge in [0.15, 0.2) is 0 Å². The van der Waals surface area contributed by atoms with Crippen LogP contribution in [0.25, 0.3) is 0 Å². The SMILES string of the molecule is CC1(CNC(=O)C2CC2)CC1c1ccccc1. The van der Waals surface area contributed by atoms with E-state index in [0.29, 0.717) is 11.8 Å². The Hall–Kier alpha value is -1.31. The molecule has 0 aliphatic heterocycles. The largest absolute Gasteiger partial charge is 0.355 e. The number of hydrogen-bond acceptors (Lipinski definition) is 1. The van der Waals surface area contributed by atoms with Gasteiger partial charge in [0.1, 0.15) is 0 Å². The van der Waals surface area contributed by atoms with Crippen molar-refractivity contribution in [1.29, 1.82) is 0 Å². The maximum atomic E-state index is 11.6. The van der Waals surface area contributed by atoms with Crippen LogP contribution in [0, 0.1) is 11.3 Å². The molecule has 0 bridgehead atoms. The zero-order valence-electron chi connectivity index (χ0n) is 10.3. The number of carbonyl (C=O) groups is 1. The second-order valence-electron chi connectivity index (χ2n) is 5.81. The Morgan fingerprint density at radius 3 is 2.71 bits per heavy atom. The third kappa shape index (κ3) is 2.21. The lowest BCUT2D eigenvalue weighted by atomic mass is 10.0. The summed E-state index contributed by atoms with van der Waals surface area (Å²) < 4.78 is 0. The van der Waals surface area contributed by atoms with E-state index in [1.807, 2.05) is 0 Å². The summed E-state index contributed by atoms with van der Waals surface area (Å²) in [7, 11) is 0. The summed E-state index contributed by atoms with van der Waals surface area (Å²) in [4.78, 5) is 11.6. The van der Waals surface area contributed by atoms with Gasteiger partial charge >= 0.3 is 0 Å². The van der Waals surface area contributed by atoms with E-state index < -0.39 is 0 Å². The number of nitrogens with one attached hydrogen (secondary N) is 1. The quantitative estimate of drug-likeness (QED) is 0.845. The normalized spacial score (nSPS) is 31.0. The molecule has 2 aliphatic carbocycles. The molecule has 2 saturated carbocycles. The Kier molecular flexibility index (Phi) is 2.46. The van der Waals surface area contributed by atoms with Crippen LogP contribution < -0.4 is 5.32 Å². The Bertz CT molecular complexity index is 424. The highest BCUT2D eigenvalue weighted by atomic mass is 16.2. The molecular formula is C15H19NO. The first-order valence-electron chi connectivity index (χ1n) is 6.52. The summed E-state index contributed by atoms with van der Waals surface area (Å²) in [5, 5.41) is 3.11. The Labute approximate surface area is 102 Å². The molecule has 1 aromatic carbocycles. The summed E-state index contributed by atoms with van der Waals surface area (Å²) >= 11 is 0. The molecule has 2 nitrogen and oxygen atoms in total. The van der Waals surface area contributed by atoms with E-state index in [4.69, 9.17) is 0 Å². The van der Waals surface area contributed by atoms with Crippen molar-refractivity contribution in [2.45, 2.75) is 32.1 Å². The van der Waals surface area contributed by atoms with E-state index >= 15 is 0 Å². The van der Waals surface area contributed by atoms with Crippen molar-refractivity contribution < 1.29 is 4.79 Å². The number of amides is 1. The molecule has 0 spiro atoms. The van der Waals surface area contributed by atoms with Crippen LogP contribution in [0.15, 0.2) is 30.3 Å². The van der Waals surface area contributed by atoms with Crippen molar-refractivity contribution in [3.63, 3.8) is 0 Å². The average molecular weight is 229 g/mol. The fourth-order valence-electron chi connectivity index (χ4n) is 2.59. The smallest absolute Gasteiger partial charge is 0.223 e. The van der Waals surface area contributed by atoms with Crippen molar-refractivity contribution in [2.24, 2.45) is 11.3 Å². The van der Waals surface area contributed by atoms with E-state index in [1.165, 1.54) is 12.0 Å². The molecule has 2 aliphatic rings. The first-order valence-corrected chi connectivity index (χ1v) is 6.52. The van der Waals surface area contributed by atoms with Crippen LogP contribution in [0.1, 0.15) is 37.7 Å². The molecule has 2 atom stereocenters. The molecular weight excluding hydrogens is 210 g/mol.